The highest BCUT2D eigenvalue weighted by Crippen LogP contribution is 2.31. The number of amides is 1. The summed E-state index contributed by atoms with van der Waals surface area (Å²) < 4.78 is 0. The monoisotopic (exact) mass is 490 g/mol. The van der Waals surface area contributed by atoms with E-state index in [0.717, 1.165) is 28.1 Å². The molecule has 2 aliphatic heterocycles. The van der Waals surface area contributed by atoms with E-state index in [1.54, 1.807) is 4.90 Å². The molecule has 37 heavy (non-hydrogen) atoms. The largest absolute Gasteiger partial charge is 0.333 e. The fourth-order valence-electron chi connectivity index (χ4n) is 4.71. The number of hydrogen-bond donors (Lipinski definition) is 0. The minimum atomic E-state index is -0.252. The molecule has 0 aromatic heterocycles. The molecule has 1 unspecified atom stereocenters. The van der Waals surface area contributed by atoms with Gasteiger partial charge in [0.25, 0.3) is 0 Å². The summed E-state index contributed by atoms with van der Waals surface area (Å²) in [5, 5.41) is 0. The number of hydrogen-bond acceptors (Lipinski definition) is 3. The van der Waals surface area contributed by atoms with Crippen molar-refractivity contribution >= 4 is 17.4 Å². The third-order valence-corrected chi connectivity index (χ3v) is 6.83. The second kappa shape index (κ2) is 12.3. The molecule has 0 bridgehead atoms. The van der Waals surface area contributed by atoms with Crippen molar-refractivity contribution in [3.63, 3.8) is 0 Å². The van der Waals surface area contributed by atoms with Gasteiger partial charge in [0.05, 0.1) is 18.2 Å². The Morgan fingerprint density at radius 1 is 0.919 bits per heavy atom. The van der Waals surface area contributed by atoms with Gasteiger partial charge in [-0.05, 0) is 43.9 Å². The Morgan fingerprint density at radius 2 is 1.49 bits per heavy atom. The highest BCUT2D eigenvalue weighted by molar-refractivity contribution is 6.15. The van der Waals surface area contributed by atoms with Gasteiger partial charge < -0.3 is 4.90 Å². The van der Waals surface area contributed by atoms with Crippen molar-refractivity contribution in [2.75, 3.05) is 13.1 Å². The minimum Gasteiger partial charge on any atom is -0.333 e. The van der Waals surface area contributed by atoms with E-state index in [1.165, 1.54) is 17.2 Å². The summed E-state index contributed by atoms with van der Waals surface area (Å²) in [5.41, 5.74) is 7.34. The number of carbonyl (C=O) groups excluding carboxylic acids is 2. The van der Waals surface area contributed by atoms with Crippen molar-refractivity contribution in [2.45, 2.75) is 33.1 Å². The maximum atomic E-state index is 13.4. The van der Waals surface area contributed by atoms with Crippen molar-refractivity contribution < 1.29 is 9.59 Å². The van der Waals surface area contributed by atoms with Crippen LogP contribution in [0.25, 0.3) is 0 Å². The highest BCUT2D eigenvalue weighted by Gasteiger charge is 2.36. The Kier molecular flexibility index (Phi) is 8.63. The molecule has 0 fully saturated rings. The predicted octanol–water partition coefficient (Wildman–Crippen LogP) is 6.09. The number of benzene rings is 3. The fraction of sp³-hybridized carbons (Fsp3) is 0.242. The molecule has 0 N–H and O–H groups in total. The van der Waals surface area contributed by atoms with Crippen LogP contribution in [-0.2, 0) is 22.4 Å². The summed E-state index contributed by atoms with van der Waals surface area (Å²) >= 11 is 0. The van der Waals surface area contributed by atoms with E-state index in [2.05, 4.69) is 69.0 Å². The van der Waals surface area contributed by atoms with Crippen LogP contribution in [0.1, 0.15) is 28.7 Å². The molecule has 5 rings (SSSR count). The molecule has 1 atom stereocenters. The lowest BCUT2D eigenvalue weighted by Crippen LogP contribution is -2.41. The van der Waals surface area contributed by atoms with Gasteiger partial charge in [-0.15, -0.1) is 0 Å². The van der Waals surface area contributed by atoms with E-state index in [0.29, 0.717) is 32.4 Å². The molecule has 188 valence electrons. The third-order valence-electron chi connectivity index (χ3n) is 6.83. The predicted molar refractivity (Wildman–Crippen MR) is 151 cm³/mol. The Morgan fingerprint density at radius 3 is 2.05 bits per heavy atom. The van der Waals surface area contributed by atoms with Crippen molar-refractivity contribution in [1.82, 2.24) is 4.90 Å². The quantitative estimate of drug-likeness (QED) is 0.407. The average molecular weight is 491 g/mol. The Balaban J connectivity index is 0.000000342. The molecule has 3 aromatic carbocycles. The van der Waals surface area contributed by atoms with E-state index < -0.39 is 0 Å². The van der Waals surface area contributed by atoms with Gasteiger partial charge in [0, 0.05) is 24.3 Å². The number of nitrogens with zero attached hydrogens (tertiary/aromatic N) is 2. The topological polar surface area (TPSA) is 49.7 Å². The molecule has 0 aliphatic carbocycles. The summed E-state index contributed by atoms with van der Waals surface area (Å²) in [4.78, 5) is 32.2. The van der Waals surface area contributed by atoms with Gasteiger partial charge >= 0.3 is 0 Å². The summed E-state index contributed by atoms with van der Waals surface area (Å²) in [6.07, 6.45) is 3.16. The number of rotatable bonds is 5. The van der Waals surface area contributed by atoms with E-state index in [4.69, 9.17) is 4.99 Å². The molecule has 4 heteroatoms. The Hall–Kier alpha value is -4.05. The zero-order chi connectivity index (χ0) is 26.2. The van der Waals surface area contributed by atoms with E-state index in [-0.39, 0.29) is 17.6 Å². The van der Waals surface area contributed by atoms with Crippen LogP contribution in [0, 0.1) is 19.8 Å². The number of aryl methyl sites for hydroxylation is 2. The molecular formula is C33H34N2O2. The standard InChI is InChI=1S/C25H24N2O2.C8H10/c1-2-24(28)27-14-13-20-23(17-27)26-22(16-19-11-7-4-8-12-19)21(25(20)29)15-18-9-5-3-6-10-18;1-7-3-5-8(2)6-4-7/h2-12,21H,1,13-17H2;3-6H,1-2H3. The number of ketones is 1. The molecule has 0 radical (unpaired) electrons. The maximum Gasteiger partial charge on any atom is 0.246 e. The Labute approximate surface area is 220 Å². The van der Waals surface area contributed by atoms with Crippen LogP contribution in [0.4, 0.5) is 0 Å². The van der Waals surface area contributed by atoms with Crippen molar-refractivity contribution in [1.29, 1.82) is 0 Å². The number of Topliss-reactive ketones (excluding diaryl/α,β-unsaturated/α-hetero) is 1. The van der Waals surface area contributed by atoms with Gasteiger partial charge in [-0.2, -0.15) is 0 Å². The molecular weight excluding hydrogens is 456 g/mol. The summed E-state index contributed by atoms with van der Waals surface area (Å²) in [6, 6.07) is 28.7. The molecule has 0 saturated heterocycles. The number of carbonyl (C=O) groups is 2. The van der Waals surface area contributed by atoms with Crippen LogP contribution in [0.3, 0.4) is 0 Å². The van der Waals surface area contributed by atoms with Crippen LogP contribution in [0.2, 0.25) is 0 Å². The van der Waals surface area contributed by atoms with Crippen LogP contribution < -0.4 is 0 Å². The summed E-state index contributed by atoms with van der Waals surface area (Å²) in [7, 11) is 0. The fourth-order valence-corrected chi connectivity index (χ4v) is 4.71. The first kappa shape index (κ1) is 26.0. The molecule has 4 nitrogen and oxygen atoms in total. The van der Waals surface area contributed by atoms with Gasteiger partial charge in [-0.3, -0.25) is 14.6 Å². The highest BCUT2D eigenvalue weighted by atomic mass is 16.2. The minimum absolute atomic E-state index is 0.116. The first-order valence-electron chi connectivity index (χ1n) is 12.8. The van der Waals surface area contributed by atoms with Crippen LogP contribution in [0.5, 0.6) is 0 Å². The third kappa shape index (κ3) is 6.79. The average Bonchev–Trinajstić information content (AvgIpc) is 2.93. The van der Waals surface area contributed by atoms with Gasteiger partial charge in [0.15, 0.2) is 5.78 Å². The second-order valence-electron chi connectivity index (χ2n) is 9.67. The first-order valence-corrected chi connectivity index (χ1v) is 12.8. The maximum absolute atomic E-state index is 13.4. The summed E-state index contributed by atoms with van der Waals surface area (Å²) in [6.45, 7) is 8.68. The smallest absolute Gasteiger partial charge is 0.246 e. The summed E-state index contributed by atoms with van der Waals surface area (Å²) in [5.74, 6) is -0.205. The molecule has 1 amide bonds. The van der Waals surface area contributed by atoms with Gasteiger partial charge in [-0.25, -0.2) is 0 Å². The Bertz CT molecular complexity index is 1280. The lowest BCUT2D eigenvalue weighted by Gasteiger charge is -2.33. The molecule has 3 aromatic rings. The lowest BCUT2D eigenvalue weighted by atomic mass is 9.80. The molecule has 0 saturated carbocycles. The second-order valence-corrected chi connectivity index (χ2v) is 9.67. The lowest BCUT2D eigenvalue weighted by molar-refractivity contribution is -0.126. The van der Waals surface area contributed by atoms with Gasteiger partial charge in [-0.1, -0.05) is 103 Å². The molecule has 0 spiro atoms. The SMILES string of the molecule is C=CC(=O)N1CCC2=C(C1)N=C(Cc1ccccc1)C(Cc1ccccc1)C2=O.Cc1ccc(C)cc1. The zero-order valence-electron chi connectivity index (χ0n) is 21.7. The number of aliphatic imine (C=N–C) groups is 1. The van der Waals surface area contributed by atoms with Crippen LogP contribution in [-0.4, -0.2) is 35.4 Å². The zero-order valence-corrected chi connectivity index (χ0v) is 21.7. The normalized spacial score (nSPS) is 16.8. The van der Waals surface area contributed by atoms with E-state index in [1.807, 2.05) is 36.4 Å². The van der Waals surface area contributed by atoms with Crippen LogP contribution >= 0.6 is 0 Å². The van der Waals surface area contributed by atoms with Crippen molar-refractivity contribution in [3.05, 3.63) is 131 Å². The van der Waals surface area contributed by atoms with Gasteiger partial charge in [0.1, 0.15) is 0 Å². The van der Waals surface area contributed by atoms with Crippen LogP contribution in [0.15, 0.2) is 114 Å². The van der Waals surface area contributed by atoms with Crippen molar-refractivity contribution in [2.24, 2.45) is 10.9 Å². The van der Waals surface area contributed by atoms with E-state index in [9.17, 15) is 9.59 Å². The molecule has 2 heterocycles. The van der Waals surface area contributed by atoms with E-state index >= 15 is 0 Å². The molecule has 2 aliphatic rings. The van der Waals surface area contributed by atoms with Crippen molar-refractivity contribution in [3.8, 4) is 0 Å². The van der Waals surface area contributed by atoms with Gasteiger partial charge in [0.2, 0.25) is 5.91 Å². The first-order chi connectivity index (χ1) is 17.9.